The van der Waals surface area contributed by atoms with Gasteiger partial charge in [-0.25, -0.2) is 0 Å². The van der Waals surface area contributed by atoms with Crippen molar-refractivity contribution in [2.75, 3.05) is 24.6 Å². The van der Waals surface area contributed by atoms with Crippen LogP contribution in [-0.4, -0.2) is 34.8 Å². The summed E-state index contributed by atoms with van der Waals surface area (Å²) in [4.78, 5) is 6.64. The minimum Gasteiger partial charge on any atom is -0.396 e. The molecule has 5 heteroatoms. The van der Waals surface area contributed by atoms with E-state index in [0.717, 1.165) is 25.2 Å². The quantitative estimate of drug-likeness (QED) is 0.723. The first-order chi connectivity index (χ1) is 7.69. The van der Waals surface area contributed by atoms with E-state index in [9.17, 15) is 0 Å². The van der Waals surface area contributed by atoms with Gasteiger partial charge in [-0.1, -0.05) is 12.2 Å². The van der Waals surface area contributed by atoms with E-state index >= 15 is 0 Å². The van der Waals surface area contributed by atoms with Crippen molar-refractivity contribution in [1.29, 1.82) is 0 Å². The Morgan fingerprint density at radius 1 is 1.56 bits per heavy atom. The second-order valence-corrected chi connectivity index (χ2v) is 3.86. The molecule has 1 heterocycles. The predicted octanol–water partition coefficient (Wildman–Crippen LogP) is 0.925. The maximum Gasteiger partial charge on any atom is 0.122 e. The van der Waals surface area contributed by atoms with Crippen LogP contribution in [-0.2, 0) is 0 Å². The Hall–Kier alpha value is -1.20. The van der Waals surface area contributed by atoms with Crippen LogP contribution in [0.4, 0.5) is 5.69 Å². The van der Waals surface area contributed by atoms with Crippen LogP contribution in [0.1, 0.15) is 19.0 Å². The monoisotopic (exact) mass is 239 g/mol. The maximum atomic E-state index is 8.80. The summed E-state index contributed by atoms with van der Waals surface area (Å²) in [6.45, 7) is 3.98. The van der Waals surface area contributed by atoms with Gasteiger partial charge in [0.1, 0.15) is 4.99 Å². The molecule has 88 valence electrons. The predicted molar refractivity (Wildman–Crippen MR) is 69.7 cm³/mol. The minimum absolute atomic E-state index is 0.203. The SMILES string of the molecule is CCN(CCCO)c1ccc(C(N)=S)nc1. The Labute approximate surface area is 101 Å². The molecule has 3 N–H and O–H groups in total. The van der Waals surface area contributed by atoms with Gasteiger partial charge in [0.15, 0.2) is 0 Å². The highest BCUT2D eigenvalue weighted by molar-refractivity contribution is 7.80. The Bertz CT molecular complexity index is 340. The molecule has 16 heavy (non-hydrogen) atoms. The molecule has 0 aromatic carbocycles. The van der Waals surface area contributed by atoms with Crippen molar-refractivity contribution < 1.29 is 5.11 Å². The van der Waals surface area contributed by atoms with Crippen molar-refractivity contribution in [3.8, 4) is 0 Å². The molecule has 1 rings (SSSR count). The van der Waals surface area contributed by atoms with Gasteiger partial charge in [0.2, 0.25) is 0 Å². The van der Waals surface area contributed by atoms with Gasteiger partial charge in [-0.05, 0) is 25.5 Å². The number of thiocarbonyl (C=S) groups is 1. The highest BCUT2D eigenvalue weighted by Crippen LogP contribution is 2.13. The summed E-state index contributed by atoms with van der Waals surface area (Å²) in [5, 5.41) is 8.80. The molecule has 0 radical (unpaired) electrons. The molecule has 0 spiro atoms. The molecule has 0 atom stereocenters. The summed E-state index contributed by atoms with van der Waals surface area (Å²) in [5.41, 5.74) is 7.14. The molecule has 0 saturated heterocycles. The van der Waals surface area contributed by atoms with Crippen LogP contribution in [0.25, 0.3) is 0 Å². The summed E-state index contributed by atoms with van der Waals surface area (Å²) in [6.07, 6.45) is 2.51. The van der Waals surface area contributed by atoms with E-state index in [1.54, 1.807) is 6.20 Å². The summed E-state index contributed by atoms with van der Waals surface area (Å²) < 4.78 is 0. The van der Waals surface area contributed by atoms with Gasteiger partial charge in [0, 0.05) is 19.7 Å². The van der Waals surface area contributed by atoms with Gasteiger partial charge in [0.05, 0.1) is 17.6 Å². The van der Waals surface area contributed by atoms with Crippen LogP contribution in [0.2, 0.25) is 0 Å². The van der Waals surface area contributed by atoms with E-state index in [1.807, 2.05) is 12.1 Å². The Morgan fingerprint density at radius 3 is 2.75 bits per heavy atom. The van der Waals surface area contributed by atoms with Crippen molar-refractivity contribution in [3.05, 3.63) is 24.0 Å². The van der Waals surface area contributed by atoms with Crippen molar-refractivity contribution in [3.63, 3.8) is 0 Å². The molecule has 0 saturated carbocycles. The van der Waals surface area contributed by atoms with Gasteiger partial charge in [-0.3, -0.25) is 4.98 Å². The number of anilines is 1. The van der Waals surface area contributed by atoms with Crippen LogP contribution in [0, 0.1) is 0 Å². The number of aliphatic hydroxyl groups excluding tert-OH is 1. The lowest BCUT2D eigenvalue weighted by Gasteiger charge is -2.22. The number of pyridine rings is 1. The number of hydrogen-bond acceptors (Lipinski definition) is 4. The fourth-order valence-electron chi connectivity index (χ4n) is 1.45. The standard InChI is InChI=1S/C11H17N3OS/c1-2-14(6-3-7-15)9-4-5-10(11(12)16)13-8-9/h4-5,8,15H,2-3,6-7H2,1H3,(H2,12,16). The Balaban J connectivity index is 2.74. The maximum absolute atomic E-state index is 8.80. The second-order valence-electron chi connectivity index (χ2n) is 3.42. The molecular formula is C11H17N3OS. The van der Waals surface area contributed by atoms with Crippen LogP contribution < -0.4 is 10.6 Å². The minimum atomic E-state index is 0.203. The first-order valence-corrected chi connectivity index (χ1v) is 5.71. The van der Waals surface area contributed by atoms with E-state index in [4.69, 9.17) is 23.1 Å². The highest BCUT2D eigenvalue weighted by Gasteiger charge is 2.05. The lowest BCUT2D eigenvalue weighted by atomic mass is 10.3. The molecule has 4 nitrogen and oxygen atoms in total. The number of hydrogen-bond donors (Lipinski definition) is 2. The number of aliphatic hydroxyl groups is 1. The molecule has 1 aromatic heterocycles. The first-order valence-electron chi connectivity index (χ1n) is 5.30. The first kappa shape index (κ1) is 12.9. The van der Waals surface area contributed by atoms with Crippen molar-refractivity contribution in [2.24, 2.45) is 5.73 Å². The van der Waals surface area contributed by atoms with Crippen molar-refractivity contribution in [2.45, 2.75) is 13.3 Å². The van der Waals surface area contributed by atoms with Crippen molar-refractivity contribution >= 4 is 22.9 Å². The fourth-order valence-corrected chi connectivity index (χ4v) is 1.57. The third-order valence-electron chi connectivity index (χ3n) is 2.33. The molecule has 0 aliphatic rings. The highest BCUT2D eigenvalue weighted by atomic mass is 32.1. The normalized spacial score (nSPS) is 10.1. The van der Waals surface area contributed by atoms with Crippen LogP contribution in [0.5, 0.6) is 0 Å². The van der Waals surface area contributed by atoms with Crippen LogP contribution in [0.3, 0.4) is 0 Å². The van der Waals surface area contributed by atoms with E-state index in [-0.39, 0.29) is 6.61 Å². The molecule has 1 aromatic rings. The number of aromatic nitrogens is 1. The smallest absolute Gasteiger partial charge is 0.122 e. The molecule has 0 bridgehead atoms. The average molecular weight is 239 g/mol. The third-order valence-corrected chi connectivity index (χ3v) is 2.54. The van der Waals surface area contributed by atoms with Gasteiger partial charge >= 0.3 is 0 Å². The van der Waals surface area contributed by atoms with E-state index in [2.05, 4.69) is 16.8 Å². The van der Waals surface area contributed by atoms with Gasteiger partial charge in [-0.15, -0.1) is 0 Å². The van der Waals surface area contributed by atoms with Crippen LogP contribution >= 0.6 is 12.2 Å². The summed E-state index contributed by atoms with van der Waals surface area (Å²) in [6, 6.07) is 3.77. The topological polar surface area (TPSA) is 62.4 Å². The van der Waals surface area contributed by atoms with Crippen molar-refractivity contribution in [1.82, 2.24) is 4.98 Å². The van der Waals surface area contributed by atoms with Gasteiger partial charge < -0.3 is 15.7 Å². The zero-order valence-corrected chi connectivity index (χ0v) is 10.2. The number of rotatable bonds is 6. The van der Waals surface area contributed by atoms with E-state index in [0.29, 0.717) is 10.7 Å². The average Bonchev–Trinajstić information content (AvgIpc) is 2.30. The van der Waals surface area contributed by atoms with E-state index < -0.39 is 0 Å². The molecule has 0 aliphatic carbocycles. The molecule has 0 fully saturated rings. The summed E-state index contributed by atoms with van der Waals surface area (Å²) in [5.74, 6) is 0. The fraction of sp³-hybridized carbons (Fsp3) is 0.455. The molecular weight excluding hydrogens is 222 g/mol. The second kappa shape index (κ2) is 6.40. The third kappa shape index (κ3) is 3.43. The Morgan fingerprint density at radius 2 is 2.31 bits per heavy atom. The molecule has 0 unspecified atom stereocenters. The van der Waals surface area contributed by atoms with Gasteiger partial charge in [0.25, 0.3) is 0 Å². The van der Waals surface area contributed by atoms with Gasteiger partial charge in [-0.2, -0.15) is 0 Å². The van der Waals surface area contributed by atoms with Crippen LogP contribution in [0.15, 0.2) is 18.3 Å². The number of nitrogens with zero attached hydrogens (tertiary/aromatic N) is 2. The Kier molecular flexibility index (Phi) is 5.14. The largest absolute Gasteiger partial charge is 0.396 e. The summed E-state index contributed by atoms with van der Waals surface area (Å²) >= 11 is 4.84. The molecule has 0 amide bonds. The zero-order chi connectivity index (χ0) is 12.0. The molecule has 0 aliphatic heterocycles. The number of nitrogens with two attached hydrogens (primary N) is 1. The lowest BCUT2D eigenvalue weighted by Crippen LogP contribution is -2.25. The zero-order valence-electron chi connectivity index (χ0n) is 9.39. The summed E-state index contributed by atoms with van der Waals surface area (Å²) in [7, 11) is 0. The van der Waals surface area contributed by atoms with E-state index in [1.165, 1.54) is 0 Å². The lowest BCUT2D eigenvalue weighted by molar-refractivity contribution is 0.289.